The molecule has 0 spiro atoms. The predicted octanol–water partition coefficient (Wildman–Crippen LogP) is 1.90. The average Bonchev–Trinajstić information content (AvgIpc) is 3.10. The molecule has 1 heterocycles. The molecule has 1 aliphatic rings. The number of nitrogens with one attached hydrogen (secondary N) is 2. The van der Waals surface area contributed by atoms with Crippen molar-refractivity contribution in [2.75, 3.05) is 46.0 Å². The van der Waals surface area contributed by atoms with Crippen molar-refractivity contribution in [2.45, 2.75) is 30.6 Å². The maximum absolute atomic E-state index is 11.5. The van der Waals surface area contributed by atoms with E-state index < -0.39 is 9.84 Å². The van der Waals surface area contributed by atoms with Crippen LogP contribution in [0.15, 0.2) is 34.2 Å². The number of rotatable bonds is 8. The Hall–Kier alpha value is -0.870. The first-order valence-electron chi connectivity index (χ1n) is 8.95. The van der Waals surface area contributed by atoms with Gasteiger partial charge in [0.05, 0.1) is 4.90 Å². The fraction of sp³-hybridized carbons (Fsp3) is 0.611. The molecule has 1 aromatic rings. The van der Waals surface area contributed by atoms with Crippen molar-refractivity contribution < 1.29 is 8.42 Å². The number of halogens is 1. The summed E-state index contributed by atoms with van der Waals surface area (Å²) in [6, 6.07) is 7.06. The van der Waals surface area contributed by atoms with E-state index in [0.29, 0.717) is 4.90 Å². The third-order valence-corrected chi connectivity index (χ3v) is 5.55. The maximum Gasteiger partial charge on any atom is 0.190 e. The quantitative estimate of drug-likeness (QED) is 0.250. The van der Waals surface area contributed by atoms with Crippen molar-refractivity contribution in [3.8, 4) is 0 Å². The molecular formula is C18H31IN4O2S. The second kappa shape index (κ2) is 11.8. The van der Waals surface area contributed by atoms with Gasteiger partial charge in [-0.1, -0.05) is 12.1 Å². The van der Waals surface area contributed by atoms with Crippen molar-refractivity contribution in [1.29, 1.82) is 0 Å². The van der Waals surface area contributed by atoms with Crippen LogP contribution in [0, 0.1) is 0 Å². The van der Waals surface area contributed by atoms with E-state index >= 15 is 0 Å². The van der Waals surface area contributed by atoms with E-state index in [9.17, 15) is 8.42 Å². The van der Waals surface area contributed by atoms with Gasteiger partial charge in [0.15, 0.2) is 15.8 Å². The average molecular weight is 494 g/mol. The van der Waals surface area contributed by atoms with E-state index in [0.717, 1.165) is 44.0 Å². The van der Waals surface area contributed by atoms with E-state index in [1.807, 2.05) is 12.1 Å². The van der Waals surface area contributed by atoms with Crippen LogP contribution in [0.2, 0.25) is 0 Å². The number of likely N-dealkylation sites (tertiary alicyclic amines) is 1. The summed E-state index contributed by atoms with van der Waals surface area (Å²) in [6.07, 6.45) is 5.83. The summed E-state index contributed by atoms with van der Waals surface area (Å²) in [5.74, 6) is 0.814. The zero-order chi connectivity index (χ0) is 18.1. The van der Waals surface area contributed by atoms with Gasteiger partial charge in [-0.3, -0.25) is 4.99 Å². The topological polar surface area (TPSA) is 73.8 Å². The molecule has 2 rings (SSSR count). The Bertz CT molecular complexity index is 656. The van der Waals surface area contributed by atoms with Crippen LogP contribution in [0.5, 0.6) is 0 Å². The first kappa shape index (κ1) is 23.2. The zero-order valence-electron chi connectivity index (χ0n) is 15.7. The van der Waals surface area contributed by atoms with Crippen molar-refractivity contribution in [3.05, 3.63) is 29.8 Å². The Morgan fingerprint density at radius 3 is 2.31 bits per heavy atom. The van der Waals surface area contributed by atoms with Crippen LogP contribution >= 0.6 is 24.0 Å². The highest BCUT2D eigenvalue weighted by Gasteiger charge is 2.10. The van der Waals surface area contributed by atoms with Crippen molar-refractivity contribution in [1.82, 2.24) is 15.5 Å². The fourth-order valence-corrected chi connectivity index (χ4v) is 3.60. The van der Waals surface area contributed by atoms with E-state index in [2.05, 4.69) is 20.5 Å². The summed E-state index contributed by atoms with van der Waals surface area (Å²) in [6.45, 7) is 5.30. The van der Waals surface area contributed by atoms with Crippen LogP contribution in [0.3, 0.4) is 0 Å². The molecule has 2 N–H and O–H groups in total. The van der Waals surface area contributed by atoms with Gasteiger partial charge in [-0.15, -0.1) is 24.0 Å². The molecule has 0 aliphatic carbocycles. The van der Waals surface area contributed by atoms with Gasteiger partial charge in [0.25, 0.3) is 0 Å². The Labute approximate surface area is 174 Å². The molecule has 6 nitrogen and oxygen atoms in total. The number of sulfone groups is 1. The van der Waals surface area contributed by atoms with Gasteiger partial charge < -0.3 is 15.5 Å². The van der Waals surface area contributed by atoms with Crippen molar-refractivity contribution in [2.24, 2.45) is 4.99 Å². The van der Waals surface area contributed by atoms with E-state index in [4.69, 9.17) is 0 Å². The number of hydrogen-bond donors (Lipinski definition) is 2. The van der Waals surface area contributed by atoms with Gasteiger partial charge in [-0.2, -0.15) is 0 Å². The molecule has 148 valence electrons. The summed E-state index contributed by atoms with van der Waals surface area (Å²) in [7, 11) is -1.35. The lowest BCUT2D eigenvalue weighted by atomic mass is 10.1. The summed E-state index contributed by atoms with van der Waals surface area (Å²) < 4.78 is 22.9. The molecule has 0 aromatic heterocycles. The van der Waals surface area contributed by atoms with Gasteiger partial charge in [0.2, 0.25) is 0 Å². The lowest BCUT2D eigenvalue weighted by Gasteiger charge is -2.16. The number of hydrogen-bond acceptors (Lipinski definition) is 4. The predicted molar refractivity (Wildman–Crippen MR) is 118 cm³/mol. The first-order valence-corrected chi connectivity index (χ1v) is 10.8. The summed E-state index contributed by atoms with van der Waals surface area (Å²) >= 11 is 0. The third kappa shape index (κ3) is 8.22. The molecule has 0 saturated carbocycles. The fourth-order valence-electron chi connectivity index (χ4n) is 2.96. The van der Waals surface area contributed by atoms with Crippen LogP contribution in [0.4, 0.5) is 0 Å². The molecule has 1 saturated heterocycles. The second-order valence-corrected chi connectivity index (χ2v) is 8.51. The lowest BCUT2D eigenvalue weighted by Crippen LogP contribution is -2.39. The molecule has 26 heavy (non-hydrogen) atoms. The summed E-state index contributed by atoms with van der Waals surface area (Å²) in [5.41, 5.74) is 1.10. The molecule has 8 heteroatoms. The van der Waals surface area contributed by atoms with Crippen LogP contribution in [-0.4, -0.2) is 65.3 Å². The SMILES string of the molecule is CN=C(NCCCN1CCCC1)NCCc1ccc(S(C)(=O)=O)cc1.I. The summed E-state index contributed by atoms with van der Waals surface area (Å²) in [4.78, 5) is 7.11. The largest absolute Gasteiger partial charge is 0.356 e. The van der Waals surface area contributed by atoms with E-state index in [1.165, 1.54) is 32.2 Å². The normalized spacial score (nSPS) is 15.5. The number of guanidine groups is 1. The molecule has 1 aromatic carbocycles. The third-order valence-electron chi connectivity index (χ3n) is 4.42. The molecule has 0 atom stereocenters. The van der Waals surface area contributed by atoms with Crippen molar-refractivity contribution >= 4 is 39.8 Å². The maximum atomic E-state index is 11.5. The smallest absolute Gasteiger partial charge is 0.190 e. The Morgan fingerprint density at radius 2 is 1.73 bits per heavy atom. The van der Waals surface area contributed by atoms with Crippen LogP contribution in [-0.2, 0) is 16.3 Å². The monoisotopic (exact) mass is 494 g/mol. The lowest BCUT2D eigenvalue weighted by molar-refractivity contribution is 0.334. The van der Waals surface area contributed by atoms with Gasteiger partial charge >= 0.3 is 0 Å². The molecule has 0 radical (unpaired) electrons. The second-order valence-electron chi connectivity index (χ2n) is 6.49. The molecule has 1 aliphatic heterocycles. The minimum absolute atomic E-state index is 0. The minimum atomic E-state index is -3.12. The standard InChI is InChI=1S/C18H30N4O2S.HI/c1-19-18(20-11-5-15-22-13-3-4-14-22)21-12-10-16-6-8-17(9-7-16)25(2,23)24;/h6-9H,3-5,10-15H2,1-2H3,(H2,19,20,21);1H. The Kier molecular flexibility index (Phi) is 10.5. The number of aliphatic imine (C=N–C) groups is 1. The minimum Gasteiger partial charge on any atom is -0.356 e. The van der Waals surface area contributed by atoms with Crippen LogP contribution in [0.25, 0.3) is 0 Å². The molecule has 0 bridgehead atoms. The number of nitrogens with zero attached hydrogens (tertiary/aromatic N) is 2. The van der Waals surface area contributed by atoms with Gasteiger partial charge in [0, 0.05) is 26.4 Å². The zero-order valence-corrected chi connectivity index (χ0v) is 18.8. The number of benzene rings is 1. The highest BCUT2D eigenvalue weighted by molar-refractivity contribution is 14.0. The highest BCUT2D eigenvalue weighted by atomic mass is 127. The first-order chi connectivity index (χ1) is 12.0. The molecule has 0 unspecified atom stereocenters. The molecule has 1 fully saturated rings. The van der Waals surface area contributed by atoms with Gasteiger partial charge in [-0.25, -0.2) is 8.42 Å². The van der Waals surface area contributed by atoms with Gasteiger partial charge in [0.1, 0.15) is 0 Å². The molecule has 0 amide bonds. The summed E-state index contributed by atoms with van der Waals surface area (Å²) in [5, 5.41) is 6.64. The van der Waals surface area contributed by atoms with Crippen LogP contribution < -0.4 is 10.6 Å². The van der Waals surface area contributed by atoms with Crippen LogP contribution in [0.1, 0.15) is 24.8 Å². The van der Waals surface area contributed by atoms with E-state index in [1.54, 1.807) is 19.2 Å². The Balaban J connectivity index is 0.00000338. The van der Waals surface area contributed by atoms with Crippen molar-refractivity contribution in [3.63, 3.8) is 0 Å². The van der Waals surface area contributed by atoms with E-state index in [-0.39, 0.29) is 24.0 Å². The Morgan fingerprint density at radius 1 is 1.12 bits per heavy atom. The van der Waals surface area contributed by atoms with Gasteiger partial charge in [-0.05, 0) is 63.0 Å². The molecular weight excluding hydrogens is 463 g/mol. The highest BCUT2D eigenvalue weighted by Crippen LogP contribution is 2.10.